The highest BCUT2D eigenvalue weighted by Gasteiger charge is 2.27. The first-order valence-electron chi connectivity index (χ1n) is 7.03. The van der Waals surface area contributed by atoms with Gasteiger partial charge in [-0.15, -0.1) is 0 Å². The van der Waals surface area contributed by atoms with E-state index in [9.17, 15) is 4.79 Å². The molecule has 1 aromatic rings. The van der Waals surface area contributed by atoms with Crippen LogP contribution in [0.5, 0.6) is 0 Å². The van der Waals surface area contributed by atoms with Gasteiger partial charge in [-0.3, -0.25) is 4.79 Å². The first-order chi connectivity index (χ1) is 9.11. The van der Waals surface area contributed by atoms with Crippen molar-refractivity contribution < 1.29 is 4.79 Å². The van der Waals surface area contributed by atoms with Crippen LogP contribution >= 0.6 is 0 Å². The number of nitrogens with one attached hydrogen (secondary N) is 2. The summed E-state index contributed by atoms with van der Waals surface area (Å²) < 4.78 is 0. The highest BCUT2D eigenvalue weighted by atomic mass is 16.1. The Kier molecular flexibility index (Phi) is 4.30. The zero-order chi connectivity index (χ0) is 13.8. The number of hydrogen-bond acceptors (Lipinski definition) is 3. The van der Waals surface area contributed by atoms with E-state index in [4.69, 9.17) is 5.73 Å². The quantitative estimate of drug-likeness (QED) is 0.689. The number of amides is 1. The molecular formula is C15H23N3O. The molecule has 0 aliphatic heterocycles. The third-order valence-corrected chi connectivity index (χ3v) is 3.69. The summed E-state index contributed by atoms with van der Waals surface area (Å²) in [4.78, 5) is 11.8. The van der Waals surface area contributed by atoms with E-state index in [0.29, 0.717) is 23.7 Å². The molecule has 1 atom stereocenters. The van der Waals surface area contributed by atoms with Gasteiger partial charge in [0.2, 0.25) is 0 Å². The Labute approximate surface area is 114 Å². The van der Waals surface area contributed by atoms with Gasteiger partial charge in [-0.2, -0.15) is 0 Å². The van der Waals surface area contributed by atoms with Crippen molar-refractivity contribution in [2.24, 2.45) is 11.8 Å². The van der Waals surface area contributed by atoms with Gasteiger partial charge in [0.15, 0.2) is 0 Å². The lowest BCUT2D eigenvalue weighted by atomic mass is 10.1. The van der Waals surface area contributed by atoms with E-state index in [0.717, 1.165) is 18.2 Å². The fourth-order valence-electron chi connectivity index (χ4n) is 2.22. The number of carbonyl (C=O) groups is 1. The van der Waals surface area contributed by atoms with Crippen LogP contribution in [0.15, 0.2) is 18.2 Å². The molecule has 0 bridgehead atoms. The topological polar surface area (TPSA) is 67.2 Å². The molecule has 1 amide bonds. The fraction of sp³-hybridized carbons (Fsp3) is 0.533. The van der Waals surface area contributed by atoms with Gasteiger partial charge in [0, 0.05) is 18.7 Å². The molecule has 0 aromatic heterocycles. The highest BCUT2D eigenvalue weighted by Crippen LogP contribution is 2.36. The van der Waals surface area contributed by atoms with Crippen LogP contribution in [0.2, 0.25) is 0 Å². The van der Waals surface area contributed by atoms with Crippen molar-refractivity contribution in [2.45, 2.75) is 26.7 Å². The maximum atomic E-state index is 11.8. The van der Waals surface area contributed by atoms with Gasteiger partial charge < -0.3 is 16.4 Å². The van der Waals surface area contributed by atoms with E-state index in [-0.39, 0.29) is 5.91 Å². The lowest BCUT2D eigenvalue weighted by Crippen LogP contribution is -2.23. The monoisotopic (exact) mass is 261 g/mol. The Morgan fingerprint density at radius 2 is 2.21 bits per heavy atom. The summed E-state index contributed by atoms with van der Waals surface area (Å²) in [6, 6.07) is 5.38. The minimum absolute atomic E-state index is 0.0548. The Hall–Kier alpha value is -1.71. The number of rotatable bonds is 6. The molecule has 19 heavy (non-hydrogen) atoms. The van der Waals surface area contributed by atoms with Gasteiger partial charge >= 0.3 is 0 Å². The minimum atomic E-state index is -0.0548. The molecule has 1 aliphatic carbocycles. The SMILES string of the molecule is CCNC(=O)c1ccc(N)c(NCC(C)C2CC2)c1. The van der Waals surface area contributed by atoms with Crippen molar-refractivity contribution >= 4 is 17.3 Å². The largest absolute Gasteiger partial charge is 0.397 e. The van der Waals surface area contributed by atoms with Crippen LogP contribution in [0, 0.1) is 11.8 Å². The van der Waals surface area contributed by atoms with E-state index in [1.807, 2.05) is 13.0 Å². The Bertz CT molecular complexity index is 455. The summed E-state index contributed by atoms with van der Waals surface area (Å²) in [7, 11) is 0. The van der Waals surface area contributed by atoms with Crippen LogP contribution in [0.25, 0.3) is 0 Å². The third kappa shape index (κ3) is 3.63. The van der Waals surface area contributed by atoms with E-state index >= 15 is 0 Å². The van der Waals surface area contributed by atoms with Crippen molar-refractivity contribution in [1.29, 1.82) is 0 Å². The first kappa shape index (κ1) is 13.7. The molecule has 1 aliphatic rings. The molecule has 0 heterocycles. The summed E-state index contributed by atoms with van der Waals surface area (Å²) in [5.41, 5.74) is 8.15. The molecule has 4 nitrogen and oxygen atoms in total. The third-order valence-electron chi connectivity index (χ3n) is 3.69. The molecule has 0 radical (unpaired) electrons. The maximum absolute atomic E-state index is 11.8. The first-order valence-corrected chi connectivity index (χ1v) is 7.03. The Morgan fingerprint density at radius 1 is 1.47 bits per heavy atom. The van der Waals surface area contributed by atoms with E-state index in [1.165, 1.54) is 12.8 Å². The van der Waals surface area contributed by atoms with Crippen molar-refractivity contribution in [2.75, 3.05) is 24.1 Å². The average molecular weight is 261 g/mol. The van der Waals surface area contributed by atoms with E-state index < -0.39 is 0 Å². The smallest absolute Gasteiger partial charge is 0.251 e. The Balaban J connectivity index is 2.01. The van der Waals surface area contributed by atoms with Gasteiger partial charge in [0.25, 0.3) is 5.91 Å². The number of nitrogens with two attached hydrogens (primary N) is 1. The second kappa shape index (κ2) is 5.95. The van der Waals surface area contributed by atoms with E-state index in [1.54, 1.807) is 12.1 Å². The number of hydrogen-bond donors (Lipinski definition) is 3. The molecule has 1 fully saturated rings. The molecule has 1 unspecified atom stereocenters. The Morgan fingerprint density at radius 3 is 2.84 bits per heavy atom. The van der Waals surface area contributed by atoms with Crippen LogP contribution in [-0.2, 0) is 0 Å². The van der Waals surface area contributed by atoms with Crippen molar-refractivity contribution in [3.05, 3.63) is 23.8 Å². The van der Waals surface area contributed by atoms with E-state index in [2.05, 4.69) is 17.6 Å². The predicted molar refractivity (Wildman–Crippen MR) is 79.2 cm³/mol. The zero-order valence-corrected chi connectivity index (χ0v) is 11.7. The number of benzene rings is 1. The van der Waals surface area contributed by atoms with Crippen LogP contribution in [0.3, 0.4) is 0 Å². The standard InChI is InChI=1S/C15H23N3O/c1-3-17-15(19)12-6-7-13(16)14(8-12)18-9-10(2)11-4-5-11/h6-8,10-11,18H,3-5,9,16H2,1-2H3,(H,17,19). The molecule has 1 saturated carbocycles. The minimum Gasteiger partial charge on any atom is -0.397 e. The number of nitrogen functional groups attached to an aromatic ring is 1. The van der Waals surface area contributed by atoms with Gasteiger partial charge in [-0.25, -0.2) is 0 Å². The number of anilines is 2. The number of carbonyl (C=O) groups excluding carboxylic acids is 1. The maximum Gasteiger partial charge on any atom is 0.251 e. The van der Waals surface area contributed by atoms with Crippen molar-refractivity contribution in [3.8, 4) is 0 Å². The second-order valence-electron chi connectivity index (χ2n) is 5.36. The normalized spacial score (nSPS) is 15.9. The summed E-state index contributed by atoms with van der Waals surface area (Å²) >= 11 is 0. The lowest BCUT2D eigenvalue weighted by Gasteiger charge is -2.15. The molecule has 4 heteroatoms. The summed E-state index contributed by atoms with van der Waals surface area (Å²) in [5.74, 6) is 1.47. The van der Waals surface area contributed by atoms with Crippen LogP contribution in [-0.4, -0.2) is 19.0 Å². The van der Waals surface area contributed by atoms with Gasteiger partial charge in [0.05, 0.1) is 11.4 Å². The summed E-state index contributed by atoms with van der Waals surface area (Å²) in [5, 5.41) is 6.16. The van der Waals surface area contributed by atoms with Gasteiger partial charge in [0.1, 0.15) is 0 Å². The van der Waals surface area contributed by atoms with Gasteiger partial charge in [-0.1, -0.05) is 6.92 Å². The van der Waals surface area contributed by atoms with Gasteiger partial charge in [-0.05, 0) is 49.8 Å². The molecule has 0 saturated heterocycles. The predicted octanol–water partition coefficient (Wildman–Crippen LogP) is 2.48. The fourth-order valence-corrected chi connectivity index (χ4v) is 2.22. The molecule has 0 spiro atoms. The van der Waals surface area contributed by atoms with Crippen LogP contribution in [0.1, 0.15) is 37.0 Å². The average Bonchev–Trinajstić information content (AvgIpc) is 3.22. The van der Waals surface area contributed by atoms with Crippen LogP contribution in [0.4, 0.5) is 11.4 Å². The summed E-state index contributed by atoms with van der Waals surface area (Å²) in [6.45, 7) is 5.71. The molecule has 104 valence electrons. The molecule has 4 N–H and O–H groups in total. The van der Waals surface area contributed by atoms with Crippen molar-refractivity contribution in [1.82, 2.24) is 5.32 Å². The van der Waals surface area contributed by atoms with Crippen LogP contribution < -0.4 is 16.4 Å². The highest BCUT2D eigenvalue weighted by molar-refractivity contribution is 5.96. The second-order valence-corrected chi connectivity index (χ2v) is 5.36. The van der Waals surface area contributed by atoms with Crippen molar-refractivity contribution in [3.63, 3.8) is 0 Å². The zero-order valence-electron chi connectivity index (χ0n) is 11.7. The molecular weight excluding hydrogens is 238 g/mol. The lowest BCUT2D eigenvalue weighted by molar-refractivity contribution is 0.0956. The molecule has 1 aromatic carbocycles. The molecule has 2 rings (SSSR count). The summed E-state index contributed by atoms with van der Waals surface area (Å²) in [6.07, 6.45) is 2.69.